The Bertz CT molecular complexity index is 1280. The Kier molecular flexibility index (Phi) is 37.4. The van der Waals surface area contributed by atoms with Crippen LogP contribution in [0.1, 0.15) is 0 Å². The molecule has 2 fully saturated rings. The van der Waals surface area contributed by atoms with Gasteiger partial charge in [-0.2, -0.15) is 0 Å². The molecule has 2 aliphatic heterocycles. The van der Waals surface area contributed by atoms with E-state index in [1.54, 1.807) is 9.80 Å². The summed E-state index contributed by atoms with van der Waals surface area (Å²) in [5.74, 6) is -9.73. The Balaban J connectivity index is 0. The number of carboxylic acids is 7. The van der Waals surface area contributed by atoms with E-state index in [4.69, 9.17) is 0 Å². The molecular weight excluding hydrogens is 1150 g/mol. The van der Waals surface area contributed by atoms with E-state index in [0.717, 1.165) is 0 Å². The van der Waals surface area contributed by atoms with Crippen molar-refractivity contribution in [1.29, 1.82) is 0 Å². The molecule has 0 amide bonds. The molecule has 2 unspecified atom stereocenters. The van der Waals surface area contributed by atoms with Crippen LogP contribution in [-0.2, 0) is 33.6 Å². The van der Waals surface area contributed by atoms with E-state index in [1.807, 2.05) is 0 Å². The molecule has 2 heterocycles. The minimum Gasteiger partial charge on any atom is -0.549 e. The van der Waals surface area contributed by atoms with Crippen molar-refractivity contribution in [3.8, 4) is 0 Å². The smallest absolute Gasteiger partial charge is 0.549 e. The van der Waals surface area contributed by atoms with Gasteiger partial charge < -0.3 is 79.5 Å². The summed E-state index contributed by atoms with van der Waals surface area (Å²) >= 11 is 0. The number of nitrogens with zero attached hydrogens (tertiary/aromatic N) is 9. The van der Waals surface area contributed by atoms with Crippen molar-refractivity contribution in [1.82, 2.24) is 44.1 Å². The van der Waals surface area contributed by atoms with Crippen LogP contribution in [0.5, 0.6) is 0 Å². The van der Waals surface area contributed by atoms with E-state index in [-0.39, 0.29) is 240 Å². The fourth-order valence-corrected chi connectivity index (χ4v) is 7.26. The topological polar surface area (TPSA) is 351 Å². The van der Waals surface area contributed by atoms with Crippen LogP contribution in [0.15, 0.2) is 0 Å². The minimum absolute atomic E-state index is 0. The maximum absolute atomic E-state index is 11.8. The van der Waals surface area contributed by atoms with Crippen LogP contribution in [0.2, 0.25) is 0 Å². The summed E-state index contributed by atoms with van der Waals surface area (Å²) < 4.78 is 0. The summed E-state index contributed by atoms with van der Waals surface area (Å²) in [5, 5.41) is 103. The van der Waals surface area contributed by atoms with Crippen molar-refractivity contribution in [3.05, 3.63) is 0 Å². The first kappa shape index (κ1) is 65.6. The Morgan fingerprint density at radius 3 is 0.688 bits per heavy atom. The van der Waals surface area contributed by atoms with Gasteiger partial charge in [0.1, 0.15) is 0 Å². The molecule has 2 atom stereocenters. The molecule has 64 heavy (non-hydrogen) atoms. The quantitative estimate of drug-likeness (QED) is 0.0951. The van der Waals surface area contributed by atoms with Gasteiger partial charge in [-0.3, -0.25) is 44.1 Å². The number of rotatable bonds is 22. The molecule has 2 radical (unpaired) electrons. The number of β-amino-alcohol motifs (C(OH)–C–C–N with tert-alkyl or cyclic N) is 2. The average Bonchev–Trinajstić information content (AvgIpc) is 3.12. The number of carboxylic acid groups (broad SMARTS) is 7. The van der Waals surface area contributed by atoms with Crippen molar-refractivity contribution in [2.45, 2.75) is 12.2 Å². The largest absolute Gasteiger partial charge is 3.00 e. The zero-order valence-corrected chi connectivity index (χ0v) is 42.6. The van der Waals surface area contributed by atoms with E-state index >= 15 is 0 Å². The fraction of sp³-hybridized carbons (Fsp3) is 0.806. The standard InChI is InChI=1S/C36H65N9O16.2Gd.Na/c46-28(17-37-1-5-39(21-30(48)49)9-13-43(25-34(56)57)14-10-40(6-2-37)22-31(50)51)19-45(27-36(60)61)20-29(47)18-38-3-7-41(23-32(52)53)11-15-44(26-35(58)59)16-12-42(8-4-38)24-33(54)55;;;/h28-29,46-47H,1-27H2,(H,48,49)(H,50,51)(H,52,53)(H,54,55)(H,56,57)(H,58,59)(H,60,61);;;/q;2*+3;+1/p-7. The first-order valence-electron chi connectivity index (χ1n) is 20.0. The summed E-state index contributed by atoms with van der Waals surface area (Å²) in [5.41, 5.74) is 0. The van der Waals surface area contributed by atoms with Gasteiger partial charge in [-0.1, -0.05) is 0 Å². The first-order valence-corrected chi connectivity index (χ1v) is 20.0. The molecule has 0 aromatic rings. The van der Waals surface area contributed by atoms with E-state index in [2.05, 4.69) is 0 Å². The molecule has 28 heteroatoms. The maximum atomic E-state index is 11.8. The third-order valence-electron chi connectivity index (χ3n) is 10.2. The van der Waals surface area contributed by atoms with Gasteiger partial charge in [0.2, 0.25) is 0 Å². The zero-order valence-electron chi connectivity index (χ0n) is 36.1. The van der Waals surface area contributed by atoms with E-state index in [9.17, 15) is 79.5 Å². The van der Waals surface area contributed by atoms with Crippen molar-refractivity contribution in [2.75, 3.05) is 177 Å². The van der Waals surface area contributed by atoms with Gasteiger partial charge in [-0.25, -0.2) is 0 Å². The normalized spacial score (nSPS) is 19.4. The van der Waals surface area contributed by atoms with Crippen LogP contribution in [0.3, 0.4) is 0 Å². The Morgan fingerprint density at radius 1 is 0.359 bits per heavy atom. The van der Waals surface area contributed by atoms with Gasteiger partial charge in [0.15, 0.2) is 0 Å². The molecule has 25 nitrogen and oxygen atoms in total. The molecule has 0 spiro atoms. The monoisotopic (exact) mass is 1210 g/mol. The summed E-state index contributed by atoms with van der Waals surface area (Å²) in [6.45, 7) is -2.30. The molecule has 0 aromatic heterocycles. The van der Waals surface area contributed by atoms with Gasteiger partial charge in [-0.05, 0) is 0 Å². The number of aliphatic carboxylic acids is 7. The molecule has 0 bridgehead atoms. The Morgan fingerprint density at radius 2 is 0.531 bits per heavy atom. The van der Waals surface area contributed by atoms with Crippen LogP contribution < -0.4 is 65.3 Å². The molecule has 2 N–H and O–H groups in total. The van der Waals surface area contributed by atoms with Crippen LogP contribution >= 0.6 is 0 Å². The average molecular weight is 1210 g/mol. The van der Waals surface area contributed by atoms with Crippen LogP contribution in [-0.4, -0.2) is 285 Å². The van der Waals surface area contributed by atoms with Gasteiger partial charge >= 0.3 is 109 Å². The van der Waals surface area contributed by atoms with Crippen LogP contribution in [0, 0.1) is 79.9 Å². The molecule has 2 saturated heterocycles. The molecule has 360 valence electrons. The summed E-state index contributed by atoms with van der Waals surface area (Å²) in [6.07, 6.45) is -2.51. The molecular formula is C36H58Gd2N9NaO16. The van der Waals surface area contributed by atoms with Gasteiger partial charge in [0, 0.05) is 177 Å². The van der Waals surface area contributed by atoms with Crippen LogP contribution in [0.25, 0.3) is 0 Å². The Labute approximate surface area is 458 Å². The number of hydrogen-bond acceptors (Lipinski definition) is 25. The second-order valence-corrected chi connectivity index (χ2v) is 15.4. The predicted octanol–water partition coefficient (Wildman–Crippen LogP) is -18.3. The SMILES string of the molecule is O=C([O-])CN1CCN(CC(=O)[O-])CCN(CC(O)CN(CC(=O)[O-])CC(O)CN2CCN(CC(=O)[O-])CCN(CC(=O)[O-])CCN(CC(=O)[O-])CC2)CCN(CC(=O)[O-])CC1.[Gd+3].[Gd+3].[Na+]. The number of carbonyl (C=O) groups is 7. The zero-order chi connectivity index (χ0) is 45.5. The molecule has 2 aliphatic rings. The van der Waals surface area contributed by atoms with E-state index in [1.165, 1.54) is 34.3 Å². The van der Waals surface area contributed by atoms with Gasteiger partial charge in [0.25, 0.3) is 0 Å². The molecule has 0 aromatic carbocycles. The second kappa shape index (κ2) is 36.5. The van der Waals surface area contributed by atoms with Crippen molar-refractivity contribution >= 4 is 41.8 Å². The predicted molar refractivity (Wildman–Crippen MR) is 195 cm³/mol. The first-order chi connectivity index (χ1) is 28.8. The Hall–Kier alpha value is -0.501. The van der Waals surface area contributed by atoms with E-state index < -0.39 is 99.8 Å². The van der Waals surface area contributed by atoms with Crippen molar-refractivity contribution < 1.29 is 189 Å². The summed E-state index contributed by atoms with van der Waals surface area (Å²) in [6, 6.07) is 0. The number of aliphatic hydroxyl groups excluding tert-OH is 2. The van der Waals surface area contributed by atoms with Crippen molar-refractivity contribution in [2.24, 2.45) is 0 Å². The third-order valence-corrected chi connectivity index (χ3v) is 10.2. The van der Waals surface area contributed by atoms with E-state index in [0.29, 0.717) is 0 Å². The van der Waals surface area contributed by atoms with Gasteiger partial charge in [0.05, 0.1) is 54.0 Å². The fourth-order valence-electron chi connectivity index (χ4n) is 7.26. The number of carbonyl (C=O) groups excluding carboxylic acids is 7. The number of aliphatic hydroxyl groups is 2. The molecule has 0 aliphatic carbocycles. The number of hydrogen-bond donors (Lipinski definition) is 2. The van der Waals surface area contributed by atoms with Crippen molar-refractivity contribution in [3.63, 3.8) is 0 Å². The summed E-state index contributed by atoms with van der Waals surface area (Å²) in [7, 11) is 0. The molecule has 0 saturated carbocycles. The minimum atomic E-state index is -1.51. The maximum Gasteiger partial charge on any atom is 3.00 e. The second-order valence-electron chi connectivity index (χ2n) is 15.4. The summed E-state index contributed by atoms with van der Waals surface area (Å²) in [4.78, 5) is 94.3. The third kappa shape index (κ3) is 32.3. The molecule has 2 rings (SSSR count). The van der Waals surface area contributed by atoms with Crippen LogP contribution in [0.4, 0.5) is 0 Å². The van der Waals surface area contributed by atoms with Gasteiger partial charge in [-0.15, -0.1) is 0 Å².